The fourth-order valence-electron chi connectivity index (χ4n) is 4.24. The Morgan fingerprint density at radius 3 is 2.38 bits per heavy atom. The van der Waals surface area contributed by atoms with Gasteiger partial charge in [0.1, 0.15) is 11.6 Å². The number of fused-ring (bicyclic) bond motifs is 1. The van der Waals surface area contributed by atoms with Gasteiger partial charge in [-0.1, -0.05) is 24.3 Å². The molecular formula is C25H31N5O2. The minimum Gasteiger partial charge on any atom is -0.497 e. The summed E-state index contributed by atoms with van der Waals surface area (Å²) in [6, 6.07) is 16.2. The fourth-order valence-corrected chi connectivity index (χ4v) is 4.24. The molecule has 0 aliphatic heterocycles. The molecule has 1 fully saturated rings. The van der Waals surface area contributed by atoms with Crippen molar-refractivity contribution >= 4 is 28.6 Å². The maximum atomic E-state index is 12.5. The highest BCUT2D eigenvalue weighted by Gasteiger charge is 2.23. The van der Waals surface area contributed by atoms with Gasteiger partial charge in [0.15, 0.2) is 0 Å². The molecule has 0 atom stereocenters. The summed E-state index contributed by atoms with van der Waals surface area (Å²) >= 11 is 0. The first-order valence-electron chi connectivity index (χ1n) is 11.1. The first kappa shape index (κ1) is 21.9. The Balaban J connectivity index is 1.30. The van der Waals surface area contributed by atoms with Crippen LogP contribution in [0.1, 0.15) is 31.2 Å². The molecule has 168 valence electrons. The van der Waals surface area contributed by atoms with Crippen molar-refractivity contribution in [2.75, 3.05) is 31.4 Å². The van der Waals surface area contributed by atoms with E-state index in [1.807, 2.05) is 67.5 Å². The number of para-hydroxylation sites is 1. The Morgan fingerprint density at radius 2 is 1.69 bits per heavy atom. The van der Waals surface area contributed by atoms with Crippen molar-refractivity contribution < 1.29 is 9.53 Å². The lowest BCUT2D eigenvalue weighted by molar-refractivity contribution is -0.121. The molecule has 0 spiro atoms. The van der Waals surface area contributed by atoms with Crippen LogP contribution in [0.4, 0.5) is 11.8 Å². The summed E-state index contributed by atoms with van der Waals surface area (Å²) in [5, 5.41) is 7.76. The van der Waals surface area contributed by atoms with Gasteiger partial charge in [0, 0.05) is 31.6 Å². The van der Waals surface area contributed by atoms with Gasteiger partial charge in [0.05, 0.1) is 19.0 Å². The molecule has 1 aliphatic carbocycles. The van der Waals surface area contributed by atoms with Crippen LogP contribution in [0.3, 0.4) is 0 Å². The maximum absolute atomic E-state index is 12.5. The van der Waals surface area contributed by atoms with Crippen molar-refractivity contribution in [2.45, 2.75) is 44.2 Å². The summed E-state index contributed by atoms with van der Waals surface area (Å²) < 4.78 is 5.17. The van der Waals surface area contributed by atoms with E-state index in [0.717, 1.165) is 53.7 Å². The molecular weight excluding hydrogens is 402 g/mol. The monoisotopic (exact) mass is 433 g/mol. The van der Waals surface area contributed by atoms with Crippen molar-refractivity contribution in [3.63, 3.8) is 0 Å². The van der Waals surface area contributed by atoms with E-state index in [-0.39, 0.29) is 11.9 Å². The highest BCUT2D eigenvalue weighted by molar-refractivity contribution is 5.90. The molecule has 2 N–H and O–H groups in total. The Bertz CT molecular complexity index is 1060. The summed E-state index contributed by atoms with van der Waals surface area (Å²) in [4.78, 5) is 23.9. The number of nitrogens with zero attached hydrogens (tertiary/aromatic N) is 3. The number of benzene rings is 2. The number of hydrogen-bond acceptors (Lipinski definition) is 6. The van der Waals surface area contributed by atoms with Crippen LogP contribution in [0.15, 0.2) is 48.5 Å². The SMILES string of the molecule is COc1ccc(CC(=O)NC2CCC(Nc3nc(N(C)C)c4ccccc4n3)CC2)cc1. The van der Waals surface area contributed by atoms with Gasteiger partial charge < -0.3 is 20.3 Å². The molecule has 2 aromatic carbocycles. The van der Waals surface area contributed by atoms with Crippen LogP contribution < -0.4 is 20.3 Å². The van der Waals surface area contributed by atoms with Crippen LogP contribution in [-0.2, 0) is 11.2 Å². The topological polar surface area (TPSA) is 79.4 Å². The van der Waals surface area contributed by atoms with E-state index in [0.29, 0.717) is 18.4 Å². The highest BCUT2D eigenvalue weighted by atomic mass is 16.5. The van der Waals surface area contributed by atoms with Gasteiger partial charge in [0.25, 0.3) is 0 Å². The van der Waals surface area contributed by atoms with Crippen molar-refractivity contribution in [3.8, 4) is 5.75 Å². The number of methoxy groups -OCH3 is 1. The molecule has 0 bridgehead atoms. The minimum atomic E-state index is 0.0695. The number of nitrogens with one attached hydrogen (secondary N) is 2. The Hall–Kier alpha value is -3.35. The van der Waals surface area contributed by atoms with Gasteiger partial charge in [-0.25, -0.2) is 4.98 Å². The predicted molar refractivity (Wildman–Crippen MR) is 128 cm³/mol. The highest BCUT2D eigenvalue weighted by Crippen LogP contribution is 2.26. The number of hydrogen-bond donors (Lipinski definition) is 2. The summed E-state index contributed by atoms with van der Waals surface area (Å²) in [5.41, 5.74) is 1.93. The summed E-state index contributed by atoms with van der Waals surface area (Å²) in [6.45, 7) is 0. The maximum Gasteiger partial charge on any atom is 0.225 e. The Kier molecular flexibility index (Phi) is 6.73. The van der Waals surface area contributed by atoms with Crippen molar-refractivity contribution in [2.24, 2.45) is 0 Å². The number of carbonyl (C=O) groups is 1. The summed E-state index contributed by atoms with van der Waals surface area (Å²) in [7, 11) is 5.64. The molecule has 1 amide bonds. The van der Waals surface area contributed by atoms with Gasteiger partial charge in [0.2, 0.25) is 11.9 Å². The summed E-state index contributed by atoms with van der Waals surface area (Å²) in [5.74, 6) is 2.45. The molecule has 7 heteroatoms. The van der Waals surface area contributed by atoms with Crippen molar-refractivity contribution in [1.82, 2.24) is 15.3 Å². The van der Waals surface area contributed by atoms with Gasteiger partial charge >= 0.3 is 0 Å². The average molecular weight is 434 g/mol. The smallest absolute Gasteiger partial charge is 0.225 e. The lowest BCUT2D eigenvalue weighted by atomic mass is 9.91. The van der Waals surface area contributed by atoms with Crippen LogP contribution >= 0.6 is 0 Å². The van der Waals surface area contributed by atoms with E-state index in [1.54, 1.807) is 7.11 Å². The van der Waals surface area contributed by atoms with Crippen LogP contribution in [0.5, 0.6) is 5.75 Å². The zero-order chi connectivity index (χ0) is 22.5. The lowest BCUT2D eigenvalue weighted by Gasteiger charge is -2.30. The van der Waals surface area contributed by atoms with Gasteiger partial charge in [-0.05, 0) is 55.5 Å². The Morgan fingerprint density at radius 1 is 1.00 bits per heavy atom. The molecule has 32 heavy (non-hydrogen) atoms. The number of carbonyl (C=O) groups excluding carboxylic acids is 1. The van der Waals surface area contributed by atoms with Crippen LogP contribution in [0, 0.1) is 0 Å². The van der Waals surface area contributed by atoms with E-state index in [1.165, 1.54) is 0 Å². The molecule has 7 nitrogen and oxygen atoms in total. The third-order valence-corrected chi connectivity index (χ3v) is 5.96. The number of ether oxygens (including phenoxy) is 1. The van der Waals surface area contributed by atoms with Crippen molar-refractivity contribution in [1.29, 1.82) is 0 Å². The zero-order valence-electron chi connectivity index (χ0n) is 19.0. The quantitative estimate of drug-likeness (QED) is 0.590. The molecule has 3 aromatic rings. The van der Waals surface area contributed by atoms with E-state index in [9.17, 15) is 4.79 Å². The molecule has 0 radical (unpaired) electrons. The molecule has 1 aliphatic rings. The Labute approximate surface area is 189 Å². The first-order chi connectivity index (χ1) is 15.5. The molecule has 1 aromatic heterocycles. The second-order valence-corrected chi connectivity index (χ2v) is 8.57. The number of rotatable bonds is 7. The third kappa shape index (κ3) is 5.28. The van der Waals surface area contributed by atoms with Gasteiger partial charge in [-0.15, -0.1) is 0 Å². The molecule has 1 heterocycles. The van der Waals surface area contributed by atoms with Gasteiger partial charge in [-0.3, -0.25) is 4.79 Å². The average Bonchev–Trinajstić information content (AvgIpc) is 2.80. The number of amides is 1. The van der Waals surface area contributed by atoms with E-state index < -0.39 is 0 Å². The van der Waals surface area contributed by atoms with E-state index >= 15 is 0 Å². The van der Waals surface area contributed by atoms with E-state index in [4.69, 9.17) is 14.7 Å². The second kappa shape index (κ2) is 9.85. The van der Waals surface area contributed by atoms with E-state index in [2.05, 4.69) is 10.6 Å². The number of aromatic nitrogens is 2. The molecule has 4 rings (SSSR count). The fraction of sp³-hybridized carbons (Fsp3) is 0.400. The molecule has 1 saturated carbocycles. The van der Waals surface area contributed by atoms with Crippen molar-refractivity contribution in [3.05, 3.63) is 54.1 Å². The standard InChI is InChI=1S/C25H31N5O2/c1-30(2)24-21-6-4-5-7-22(21)28-25(29-24)27-19-12-10-18(11-13-19)26-23(31)16-17-8-14-20(32-3)15-9-17/h4-9,14-15,18-19H,10-13,16H2,1-3H3,(H,26,31)(H,27,28,29). The lowest BCUT2D eigenvalue weighted by Crippen LogP contribution is -2.40. The minimum absolute atomic E-state index is 0.0695. The molecule has 0 saturated heterocycles. The largest absolute Gasteiger partial charge is 0.497 e. The summed E-state index contributed by atoms with van der Waals surface area (Å²) in [6.07, 6.45) is 4.22. The first-order valence-corrected chi connectivity index (χ1v) is 11.1. The number of anilines is 2. The predicted octanol–water partition coefficient (Wildman–Crippen LogP) is 3.79. The van der Waals surface area contributed by atoms with Crippen LogP contribution in [-0.4, -0.2) is 49.2 Å². The van der Waals surface area contributed by atoms with Crippen LogP contribution in [0.2, 0.25) is 0 Å². The molecule has 0 unspecified atom stereocenters. The zero-order valence-corrected chi connectivity index (χ0v) is 19.0. The third-order valence-electron chi connectivity index (χ3n) is 5.96. The normalized spacial score (nSPS) is 18.2. The van der Waals surface area contributed by atoms with Gasteiger partial charge in [-0.2, -0.15) is 4.98 Å². The second-order valence-electron chi connectivity index (χ2n) is 8.57. The van der Waals surface area contributed by atoms with Crippen LogP contribution in [0.25, 0.3) is 10.9 Å².